The Morgan fingerprint density at radius 3 is 2.62 bits per heavy atom. The first kappa shape index (κ1) is 12.3. The number of methoxy groups -OCH3 is 1. The van der Waals surface area contributed by atoms with Crippen LogP contribution in [-0.4, -0.2) is 7.11 Å². The van der Waals surface area contributed by atoms with Crippen molar-refractivity contribution in [3.05, 3.63) is 35.4 Å². The fourth-order valence-corrected chi connectivity index (χ4v) is 1.55. The van der Waals surface area contributed by atoms with Gasteiger partial charge < -0.3 is 4.74 Å². The van der Waals surface area contributed by atoms with Crippen LogP contribution in [0, 0.1) is 24.2 Å². The molecule has 84 valence electrons. The zero-order valence-corrected chi connectivity index (χ0v) is 10.2. The van der Waals surface area contributed by atoms with Crippen molar-refractivity contribution in [2.24, 2.45) is 5.92 Å². The third kappa shape index (κ3) is 2.87. The van der Waals surface area contributed by atoms with E-state index < -0.39 is 0 Å². The molecule has 0 aliphatic carbocycles. The van der Waals surface area contributed by atoms with E-state index in [1.807, 2.05) is 31.2 Å². The number of ether oxygens (including phenoxy) is 1. The Bertz CT molecular complexity index is 439. The second-order valence-corrected chi connectivity index (χ2v) is 4.14. The van der Waals surface area contributed by atoms with Crippen LogP contribution in [0.25, 0.3) is 5.57 Å². The molecule has 0 N–H and O–H groups in total. The number of hydrogen-bond acceptors (Lipinski definition) is 2. The van der Waals surface area contributed by atoms with Crippen molar-refractivity contribution in [2.45, 2.75) is 20.8 Å². The lowest BCUT2D eigenvalue weighted by atomic mass is 10.00. The van der Waals surface area contributed by atoms with Crippen molar-refractivity contribution in [1.29, 1.82) is 5.26 Å². The van der Waals surface area contributed by atoms with Crippen molar-refractivity contribution in [3.63, 3.8) is 0 Å². The van der Waals surface area contributed by atoms with E-state index in [1.165, 1.54) is 0 Å². The highest BCUT2D eigenvalue weighted by Crippen LogP contribution is 2.27. The van der Waals surface area contributed by atoms with E-state index in [2.05, 4.69) is 19.9 Å². The summed E-state index contributed by atoms with van der Waals surface area (Å²) in [6, 6.07) is 8.09. The molecule has 0 bridgehead atoms. The Hall–Kier alpha value is -1.75. The maximum atomic E-state index is 9.17. The Kier molecular flexibility index (Phi) is 4.13. The van der Waals surface area contributed by atoms with Crippen LogP contribution < -0.4 is 4.74 Å². The molecule has 1 rings (SSSR count). The molecule has 0 saturated heterocycles. The van der Waals surface area contributed by atoms with Crippen LogP contribution in [0.3, 0.4) is 0 Å². The summed E-state index contributed by atoms with van der Waals surface area (Å²) < 4.78 is 5.27. The quantitative estimate of drug-likeness (QED) is 0.722. The maximum absolute atomic E-state index is 9.17. The minimum Gasteiger partial charge on any atom is -0.496 e. The Labute approximate surface area is 97.2 Å². The Morgan fingerprint density at radius 2 is 2.12 bits per heavy atom. The molecule has 0 heterocycles. The smallest absolute Gasteiger partial charge is 0.127 e. The lowest BCUT2D eigenvalue weighted by Gasteiger charge is -2.09. The van der Waals surface area contributed by atoms with Crippen molar-refractivity contribution in [1.82, 2.24) is 0 Å². The minimum absolute atomic E-state index is 0.347. The molecule has 0 aliphatic rings. The molecule has 0 spiro atoms. The van der Waals surface area contributed by atoms with Crippen LogP contribution in [0.5, 0.6) is 5.75 Å². The van der Waals surface area contributed by atoms with E-state index in [0.29, 0.717) is 11.5 Å². The number of nitrogens with zero attached hydrogens (tertiary/aromatic N) is 1. The highest BCUT2D eigenvalue weighted by molar-refractivity contribution is 5.80. The van der Waals surface area contributed by atoms with E-state index in [9.17, 15) is 0 Å². The van der Waals surface area contributed by atoms with Crippen LogP contribution >= 0.6 is 0 Å². The van der Waals surface area contributed by atoms with Crippen molar-refractivity contribution in [3.8, 4) is 11.8 Å². The summed E-state index contributed by atoms with van der Waals surface area (Å²) in [6.07, 6.45) is 1.96. The number of rotatable bonds is 3. The Morgan fingerprint density at radius 1 is 1.44 bits per heavy atom. The molecule has 0 saturated carbocycles. The van der Waals surface area contributed by atoms with Gasteiger partial charge in [0.15, 0.2) is 0 Å². The molecular weight excluding hydrogens is 198 g/mol. The second kappa shape index (κ2) is 5.37. The lowest BCUT2D eigenvalue weighted by Crippen LogP contribution is -1.93. The first-order chi connectivity index (χ1) is 7.58. The number of allylic oxidation sites excluding steroid dienone is 2. The summed E-state index contributed by atoms with van der Waals surface area (Å²) in [6.45, 7) is 6.12. The summed E-state index contributed by atoms with van der Waals surface area (Å²) in [5, 5.41) is 9.17. The normalized spacial score (nSPS) is 11.4. The lowest BCUT2D eigenvalue weighted by molar-refractivity contribution is 0.413. The fraction of sp³-hybridized carbons (Fsp3) is 0.357. The third-order valence-electron chi connectivity index (χ3n) is 2.27. The van der Waals surface area contributed by atoms with Crippen LogP contribution in [0.2, 0.25) is 0 Å². The van der Waals surface area contributed by atoms with Gasteiger partial charge in [-0.3, -0.25) is 0 Å². The summed E-state index contributed by atoms with van der Waals surface area (Å²) in [4.78, 5) is 0. The zero-order valence-electron chi connectivity index (χ0n) is 10.2. The van der Waals surface area contributed by atoms with Gasteiger partial charge in [-0.2, -0.15) is 5.26 Å². The van der Waals surface area contributed by atoms with Gasteiger partial charge >= 0.3 is 0 Å². The molecule has 16 heavy (non-hydrogen) atoms. The molecule has 0 aliphatic heterocycles. The number of hydrogen-bond donors (Lipinski definition) is 0. The molecule has 1 aromatic carbocycles. The number of benzene rings is 1. The summed E-state index contributed by atoms with van der Waals surface area (Å²) >= 11 is 0. The molecule has 0 fully saturated rings. The molecule has 0 amide bonds. The van der Waals surface area contributed by atoms with Gasteiger partial charge in [0.1, 0.15) is 5.75 Å². The van der Waals surface area contributed by atoms with Crippen molar-refractivity contribution in [2.75, 3.05) is 7.11 Å². The minimum atomic E-state index is 0.347. The Balaban J connectivity index is 3.30. The van der Waals surface area contributed by atoms with Gasteiger partial charge in [-0.1, -0.05) is 31.6 Å². The monoisotopic (exact) mass is 215 g/mol. The van der Waals surface area contributed by atoms with Gasteiger partial charge in [-0.05, 0) is 25.0 Å². The highest BCUT2D eigenvalue weighted by atomic mass is 16.5. The SMILES string of the molecule is COc1ccc(C)cc1/C(C#N)=C/C(C)C. The molecule has 2 nitrogen and oxygen atoms in total. The average Bonchev–Trinajstić information content (AvgIpc) is 2.25. The van der Waals surface area contributed by atoms with E-state index in [0.717, 1.165) is 16.9 Å². The van der Waals surface area contributed by atoms with Crippen molar-refractivity contribution < 1.29 is 4.74 Å². The molecule has 0 unspecified atom stereocenters. The summed E-state index contributed by atoms with van der Waals surface area (Å²) in [5.41, 5.74) is 2.68. The molecule has 1 aromatic rings. The van der Waals surface area contributed by atoms with E-state index in [4.69, 9.17) is 10.00 Å². The largest absolute Gasteiger partial charge is 0.496 e. The molecule has 2 heteroatoms. The zero-order chi connectivity index (χ0) is 12.1. The average molecular weight is 215 g/mol. The molecular formula is C14H17NO. The predicted molar refractivity (Wildman–Crippen MR) is 66.2 cm³/mol. The van der Waals surface area contributed by atoms with Crippen LogP contribution in [0.15, 0.2) is 24.3 Å². The topological polar surface area (TPSA) is 33.0 Å². The van der Waals surface area contributed by atoms with Crippen molar-refractivity contribution >= 4 is 5.57 Å². The van der Waals surface area contributed by atoms with Gasteiger partial charge in [0.05, 0.1) is 18.8 Å². The van der Waals surface area contributed by atoms with Crippen LogP contribution in [-0.2, 0) is 0 Å². The van der Waals surface area contributed by atoms with E-state index >= 15 is 0 Å². The summed E-state index contributed by atoms with van der Waals surface area (Å²) in [7, 11) is 1.62. The first-order valence-electron chi connectivity index (χ1n) is 5.35. The fourth-order valence-electron chi connectivity index (χ4n) is 1.55. The molecule has 0 radical (unpaired) electrons. The van der Waals surface area contributed by atoms with E-state index in [-0.39, 0.29) is 0 Å². The third-order valence-corrected chi connectivity index (χ3v) is 2.27. The number of nitriles is 1. The first-order valence-corrected chi connectivity index (χ1v) is 5.35. The highest BCUT2D eigenvalue weighted by Gasteiger charge is 2.08. The molecule has 0 aromatic heterocycles. The van der Waals surface area contributed by atoms with Crippen LogP contribution in [0.1, 0.15) is 25.0 Å². The second-order valence-electron chi connectivity index (χ2n) is 4.14. The van der Waals surface area contributed by atoms with Gasteiger partial charge in [-0.15, -0.1) is 0 Å². The van der Waals surface area contributed by atoms with Crippen LogP contribution in [0.4, 0.5) is 0 Å². The van der Waals surface area contributed by atoms with Gasteiger partial charge in [0, 0.05) is 5.56 Å². The van der Waals surface area contributed by atoms with E-state index in [1.54, 1.807) is 7.11 Å². The molecule has 0 atom stereocenters. The van der Waals surface area contributed by atoms with Gasteiger partial charge in [0.2, 0.25) is 0 Å². The predicted octanol–water partition coefficient (Wildman–Crippen LogP) is 3.57. The van der Waals surface area contributed by atoms with Gasteiger partial charge in [0.25, 0.3) is 0 Å². The van der Waals surface area contributed by atoms with Gasteiger partial charge in [-0.25, -0.2) is 0 Å². The maximum Gasteiger partial charge on any atom is 0.127 e. The summed E-state index contributed by atoms with van der Waals surface area (Å²) in [5.74, 6) is 1.10. The number of aryl methyl sites for hydroxylation is 1. The standard InChI is InChI=1S/C14H17NO/c1-10(2)7-12(9-15)13-8-11(3)5-6-14(13)16-4/h5-8,10H,1-4H3/b12-7+.